The van der Waals surface area contributed by atoms with E-state index in [9.17, 15) is 31.2 Å². The van der Waals surface area contributed by atoms with Crippen LogP contribution in [0.25, 0.3) is 0 Å². The van der Waals surface area contributed by atoms with Crippen molar-refractivity contribution in [2.45, 2.75) is 31.0 Å². The smallest absolute Gasteiger partial charge is 0.314 e. The van der Waals surface area contributed by atoms with Crippen molar-refractivity contribution in [3.05, 3.63) is 29.8 Å². The lowest BCUT2D eigenvalue weighted by Gasteiger charge is -2.21. The zero-order valence-corrected chi connectivity index (χ0v) is 15.8. The molecule has 1 fully saturated rings. The van der Waals surface area contributed by atoms with Gasteiger partial charge in [0, 0.05) is 18.7 Å². The molecule has 1 aliphatic rings. The van der Waals surface area contributed by atoms with Gasteiger partial charge in [0.05, 0.1) is 11.6 Å². The first kappa shape index (κ1) is 21.2. The highest BCUT2D eigenvalue weighted by molar-refractivity contribution is 7.89. The van der Waals surface area contributed by atoms with Gasteiger partial charge in [0.25, 0.3) is 5.91 Å². The normalized spacial score (nSPS) is 15.9. The molecule has 0 atom stereocenters. The molecular weight excluding hydrogens is 387 g/mol. The van der Waals surface area contributed by atoms with Gasteiger partial charge in [-0.1, -0.05) is 0 Å². The lowest BCUT2D eigenvalue weighted by molar-refractivity contribution is -0.157. The van der Waals surface area contributed by atoms with Gasteiger partial charge in [-0.15, -0.1) is 0 Å². The van der Waals surface area contributed by atoms with Crippen LogP contribution in [-0.4, -0.2) is 73.4 Å². The molecule has 0 unspecified atom stereocenters. The number of alkyl halides is 3. The van der Waals surface area contributed by atoms with E-state index in [1.807, 2.05) is 0 Å². The second-order valence-corrected chi connectivity index (χ2v) is 8.49. The Bertz CT molecular complexity index is 822. The summed E-state index contributed by atoms with van der Waals surface area (Å²) in [7, 11) is -2.28. The summed E-state index contributed by atoms with van der Waals surface area (Å²) in [6.07, 6.45) is -4.55. The Hall–Kier alpha value is -2.14. The summed E-state index contributed by atoms with van der Waals surface area (Å²) in [4.78, 5) is 25.6. The molecular formula is C16H20F3N3O4S. The molecule has 0 aliphatic carbocycles. The highest BCUT2D eigenvalue weighted by Gasteiger charge is 2.39. The van der Waals surface area contributed by atoms with Crippen molar-refractivity contribution in [2.24, 2.45) is 0 Å². The lowest BCUT2D eigenvalue weighted by Crippen LogP contribution is -2.37. The Morgan fingerprint density at radius 2 is 1.78 bits per heavy atom. The van der Waals surface area contributed by atoms with Gasteiger partial charge in [0.2, 0.25) is 15.9 Å². The van der Waals surface area contributed by atoms with E-state index in [-0.39, 0.29) is 16.5 Å². The molecule has 7 nitrogen and oxygen atoms in total. The minimum absolute atomic E-state index is 0.00792. The van der Waals surface area contributed by atoms with Crippen LogP contribution < -0.4 is 0 Å². The zero-order valence-electron chi connectivity index (χ0n) is 15.0. The summed E-state index contributed by atoms with van der Waals surface area (Å²) in [6, 6.07) is 4.81. The molecule has 0 saturated carbocycles. The van der Waals surface area contributed by atoms with Crippen LogP contribution in [0.5, 0.6) is 0 Å². The molecule has 11 heteroatoms. The second kappa shape index (κ2) is 7.47. The van der Waals surface area contributed by atoms with Crippen LogP contribution in [-0.2, 0) is 14.8 Å². The molecule has 1 aliphatic heterocycles. The summed E-state index contributed by atoms with van der Waals surface area (Å²) in [6.45, 7) is 1.09. The highest BCUT2D eigenvalue weighted by atomic mass is 32.2. The number of carbonyl (C=O) groups is 2. The third-order valence-corrected chi connectivity index (χ3v) is 6.23. The maximum Gasteiger partial charge on any atom is 0.406 e. The SMILES string of the molecule is CC(C)N(C)S(=O)(=O)c1ccc(C(=O)N2CC(=O)N(CC(F)(F)F)C2)cc1. The fraction of sp³-hybridized carbons (Fsp3) is 0.500. The third kappa shape index (κ3) is 4.78. The maximum atomic E-state index is 12.5. The molecule has 2 amide bonds. The summed E-state index contributed by atoms with van der Waals surface area (Å²) < 4.78 is 63.3. The predicted octanol–water partition coefficient (Wildman–Crippen LogP) is 1.52. The van der Waals surface area contributed by atoms with E-state index < -0.39 is 47.8 Å². The number of sulfonamides is 1. The summed E-state index contributed by atoms with van der Waals surface area (Å²) in [5, 5.41) is 0. The van der Waals surface area contributed by atoms with Gasteiger partial charge in [0.15, 0.2) is 0 Å². The molecule has 1 aromatic rings. The van der Waals surface area contributed by atoms with Gasteiger partial charge >= 0.3 is 6.18 Å². The number of carbonyl (C=O) groups excluding carboxylic acids is 2. The number of halogens is 3. The van der Waals surface area contributed by atoms with Gasteiger partial charge < -0.3 is 9.80 Å². The van der Waals surface area contributed by atoms with Crippen LogP contribution in [0.3, 0.4) is 0 Å². The Labute approximate surface area is 155 Å². The van der Waals surface area contributed by atoms with E-state index in [1.54, 1.807) is 13.8 Å². The third-order valence-electron chi connectivity index (χ3n) is 4.18. The first-order chi connectivity index (χ1) is 12.3. The van der Waals surface area contributed by atoms with Crippen molar-refractivity contribution < 1.29 is 31.2 Å². The number of hydrogen-bond acceptors (Lipinski definition) is 4. The average molecular weight is 407 g/mol. The molecule has 0 bridgehead atoms. The fourth-order valence-electron chi connectivity index (χ4n) is 2.48. The number of nitrogens with zero attached hydrogens (tertiary/aromatic N) is 3. The van der Waals surface area contributed by atoms with Crippen molar-refractivity contribution in [1.82, 2.24) is 14.1 Å². The van der Waals surface area contributed by atoms with Crippen molar-refractivity contribution >= 4 is 21.8 Å². The zero-order chi connectivity index (χ0) is 20.6. The Kier molecular flexibility index (Phi) is 5.85. The van der Waals surface area contributed by atoms with E-state index in [4.69, 9.17) is 0 Å². The van der Waals surface area contributed by atoms with E-state index in [1.165, 1.54) is 35.6 Å². The summed E-state index contributed by atoms with van der Waals surface area (Å²) in [5.41, 5.74) is 0.0859. The number of rotatable bonds is 5. The molecule has 1 aromatic carbocycles. The topological polar surface area (TPSA) is 78.0 Å². The molecule has 0 N–H and O–H groups in total. The van der Waals surface area contributed by atoms with Gasteiger partial charge in [-0.3, -0.25) is 9.59 Å². The molecule has 0 aromatic heterocycles. The lowest BCUT2D eigenvalue weighted by atomic mass is 10.2. The van der Waals surface area contributed by atoms with Gasteiger partial charge in [-0.25, -0.2) is 8.42 Å². The fourth-order valence-corrected chi connectivity index (χ4v) is 3.85. The molecule has 1 saturated heterocycles. The minimum Gasteiger partial charge on any atom is -0.314 e. The highest BCUT2D eigenvalue weighted by Crippen LogP contribution is 2.21. The van der Waals surface area contributed by atoms with Crippen LogP contribution in [0.2, 0.25) is 0 Å². The van der Waals surface area contributed by atoms with E-state index in [0.29, 0.717) is 4.90 Å². The Morgan fingerprint density at radius 3 is 2.26 bits per heavy atom. The number of hydrogen-bond donors (Lipinski definition) is 0. The van der Waals surface area contributed by atoms with Gasteiger partial charge in [0.1, 0.15) is 13.1 Å². The van der Waals surface area contributed by atoms with Gasteiger partial charge in [-0.05, 0) is 38.1 Å². The van der Waals surface area contributed by atoms with Crippen molar-refractivity contribution in [1.29, 1.82) is 0 Å². The van der Waals surface area contributed by atoms with Crippen LogP contribution >= 0.6 is 0 Å². The van der Waals surface area contributed by atoms with Crippen molar-refractivity contribution in [3.63, 3.8) is 0 Å². The van der Waals surface area contributed by atoms with E-state index in [2.05, 4.69) is 0 Å². The monoisotopic (exact) mass is 407 g/mol. The van der Waals surface area contributed by atoms with Crippen molar-refractivity contribution in [2.75, 3.05) is 26.8 Å². The maximum absolute atomic E-state index is 12.5. The van der Waals surface area contributed by atoms with E-state index >= 15 is 0 Å². The second-order valence-electron chi connectivity index (χ2n) is 6.49. The number of amides is 2. The summed E-state index contributed by atoms with van der Waals surface area (Å²) >= 11 is 0. The molecule has 1 heterocycles. The quantitative estimate of drug-likeness (QED) is 0.742. The Morgan fingerprint density at radius 1 is 1.22 bits per heavy atom. The first-order valence-electron chi connectivity index (χ1n) is 8.05. The van der Waals surface area contributed by atoms with E-state index in [0.717, 1.165) is 4.90 Å². The standard InChI is InChI=1S/C16H20F3N3O4S/c1-11(2)20(3)27(25,26)13-6-4-12(5-7-13)15(24)21-8-14(23)22(10-21)9-16(17,18)19/h4-7,11H,8-10H2,1-3H3. The molecule has 0 radical (unpaired) electrons. The largest absolute Gasteiger partial charge is 0.406 e. The molecule has 2 rings (SSSR count). The number of benzene rings is 1. The van der Waals surface area contributed by atoms with Crippen molar-refractivity contribution in [3.8, 4) is 0 Å². The molecule has 27 heavy (non-hydrogen) atoms. The predicted molar refractivity (Wildman–Crippen MR) is 90.2 cm³/mol. The molecule has 0 spiro atoms. The van der Waals surface area contributed by atoms with Crippen LogP contribution in [0.4, 0.5) is 13.2 Å². The Balaban J connectivity index is 2.14. The first-order valence-corrected chi connectivity index (χ1v) is 9.49. The molecule has 150 valence electrons. The van der Waals surface area contributed by atoms with Crippen LogP contribution in [0.15, 0.2) is 29.2 Å². The minimum atomic E-state index is -4.55. The van der Waals surface area contributed by atoms with Gasteiger partial charge in [-0.2, -0.15) is 17.5 Å². The van der Waals surface area contributed by atoms with Crippen LogP contribution in [0.1, 0.15) is 24.2 Å². The van der Waals surface area contributed by atoms with Crippen LogP contribution in [0, 0.1) is 0 Å². The average Bonchev–Trinajstić information content (AvgIpc) is 2.92. The summed E-state index contributed by atoms with van der Waals surface area (Å²) in [5.74, 6) is -1.44.